The molecule has 2 aromatic heterocycles. The van der Waals surface area contributed by atoms with Crippen molar-refractivity contribution in [2.24, 2.45) is 4.99 Å². The van der Waals surface area contributed by atoms with E-state index in [0.717, 1.165) is 5.75 Å². The Kier molecular flexibility index (Phi) is 4.76. The van der Waals surface area contributed by atoms with Gasteiger partial charge in [-0.3, -0.25) is 14.4 Å². The first-order valence-electron chi connectivity index (χ1n) is 8.60. The van der Waals surface area contributed by atoms with Gasteiger partial charge in [-0.15, -0.1) is 0 Å². The summed E-state index contributed by atoms with van der Waals surface area (Å²) in [5, 5.41) is 10.6. The predicted molar refractivity (Wildman–Crippen MR) is 112 cm³/mol. The van der Waals surface area contributed by atoms with E-state index < -0.39 is 11.4 Å². The van der Waals surface area contributed by atoms with Crippen LogP contribution in [-0.2, 0) is 0 Å². The number of allylic oxidation sites excluding steroid dienone is 2. The summed E-state index contributed by atoms with van der Waals surface area (Å²) in [5.74, 6) is -0.548. The minimum atomic E-state index is -1.28. The average Bonchev–Trinajstić information content (AvgIpc) is 3.11. The van der Waals surface area contributed by atoms with Crippen LogP contribution in [0.4, 0.5) is 0 Å². The number of carboxylic acid groups (broad SMARTS) is 1. The smallest absolute Gasteiger partial charge is 0.341 e. The quantitative estimate of drug-likeness (QED) is 0.757. The fraction of sp³-hybridized carbons (Fsp3) is 0.263. The number of likely N-dealkylation sites (N-methyl/N-ethyl adjacent to an activating group) is 1. The number of carboxylic acids is 1. The molecule has 4 rings (SSSR count). The largest absolute Gasteiger partial charge is 0.477 e. The number of carbonyl (C=O) groups is 1. The highest BCUT2D eigenvalue weighted by Gasteiger charge is 2.30. The van der Waals surface area contributed by atoms with Crippen molar-refractivity contribution in [3.05, 3.63) is 63.2 Å². The summed E-state index contributed by atoms with van der Waals surface area (Å²) in [7, 11) is 1.99. The number of rotatable bonds is 2. The van der Waals surface area contributed by atoms with Crippen LogP contribution >= 0.6 is 23.4 Å². The highest BCUT2D eigenvalue weighted by molar-refractivity contribution is 8.14. The molecule has 1 N–H and O–H groups in total. The number of halogens is 1. The lowest BCUT2D eigenvalue weighted by Gasteiger charge is -2.29. The van der Waals surface area contributed by atoms with E-state index in [-0.39, 0.29) is 28.2 Å². The summed E-state index contributed by atoms with van der Waals surface area (Å²) in [6.07, 6.45) is 9.33. The summed E-state index contributed by atoms with van der Waals surface area (Å²) >= 11 is 7.62. The van der Waals surface area contributed by atoms with Crippen molar-refractivity contribution in [1.82, 2.24) is 14.5 Å². The third-order valence-corrected chi connectivity index (χ3v) is 6.09. The zero-order chi connectivity index (χ0) is 20.0. The molecule has 28 heavy (non-hydrogen) atoms. The Bertz CT molecular complexity index is 1140. The Hall–Kier alpha value is -2.58. The first-order chi connectivity index (χ1) is 13.4. The summed E-state index contributed by atoms with van der Waals surface area (Å²) in [4.78, 5) is 35.5. The van der Waals surface area contributed by atoms with Gasteiger partial charge >= 0.3 is 5.97 Å². The van der Waals surface area contributed by atoms with E-state index in [9.17, 15) is 14.7 Å². The molecule has 0 amide bonds. The fourth-order valence-corrected chi connectivity index (χ4v) is 4.76. The number of nitrogens with zero attached hydrogens (tertiary/aromatic N) is 4. The van der Waals surface area contributed by atoms with Crippen LogP contribution in [0.1, 0.15) is 15.9 Å². The first-order valence-corrected chi connectivity index (χ1v) is 9.97. The van der Waals surface area contributed by atoms with E-state index in [1.165, 1.54) is 18.0 Å². The van der Waals surface area contributed by atoms with Gasteiger partial charge in [0.25, 0.3) is 0 Å². The maximum absolute atomic E-state index is 12.7. The van der Waals surface area contributed by atoms with Crippen molar-refractivity contribution >= 4 is 45.5 Å². The monoisotopic (exact) mass is 416 g/mol. The highest BCUT2D eigenvalue weighted by Crippen LogP contribution is 2.28. The average molecular weight is 417 g/mol. The predicted octanol–water partition coefficient (Wildman–Crippen LogP) is 2.76. The molecule has 144 valence electrons. The minimum absolute atomic E-state index is 0.00534. The van der Waals surface area contributed by atoms with E-state index in [1.54, 1.807) is 17.6 Å². The number of pyridine rings is 2. The minimum Gasteiger partial charge on any atom is -0.477 e. The molecule has 9 heteroatoms. The Morgan fingerprint density at radius 2 is 2.18 bits per heavy atom. The summed E-state index contributed by atoms with van der Waals surface area (Å²) < 4.78 is 1.58. The summed E-state index contributed by atoms with van der Waals surface area (Å²) in [6, 6.07) is 1.66. The van der Waals surface area contributed by atoms with Gasteiger partial charge in [-0.1, -0.05) is 35.5 Å². The van der Waals surface area contributed by atoms with Crippen LogP contribution in [0.3, 0.4) is 0 Å². The van der Waals surface area contributed by atoms with Crippen molar-refractivity contribution in [2.75, 3.05) is 12.8 Å². The number of aliphatic imine (C=N–C) groups is 1. The topological polar surface area (TPSA) is 87.8 Å². The van der Waals surface area contributed by atoms with Gasteiger partial charge in [0, 0.05) is 19.0 Å². The van der Waals surface area contributed by atoms with Gasteiger partial charge in [-0.25, -0.2) is 9.78 Å². The van der Waals surface area contributed by atoms with Crippen molar-refractivity contribution in [1.29, 1.82) is 0 Å². The number of aromatic nitrogens is 2. The lowest BCUT2D eigenvalue weighted by Crippen LogP contribution is -2.37. The summed E-state index contributed by atoms with van der Waals surface area (Å²) in [6.45, 7) is 1.72. The molecule has 0 spiro atoms. The van der Waals surface area contributed by atoms with Gasteiger partial charge in [0.1, 0.15) is 10.7 Å². The Morgan fingerprint density at radius 1 is 1.39 bits per heavy atom. The maximum atomic E-state index is 12.7. The summed E-state index contributed by atoms with van der Waals surface area (Å²) in [5.41, 5.74) is 0.0150. The van der Waals surface area contributed by atoms with Crippen LogP contribution in [0.2, 0.25) is 5.15 Å². The van der Waals surface area contributed by atoms with Crippen LogP contribution in [0.15, 0.2) is 46.5 Å². The van der Waals surface area contributed by atoms with E-state index in [1.807, 2.05) is 25.4 Å². The third kappa shape index (κ3) is 3.12. The van der Waals surface area contributed by atoms with Crippen LogP contribution in [0, 0.1) is 6.92 Å². The highest BCUT2D eigenvalue weighted by atomic mass is 35.5. The molecule has 2 aromatic rings. The first kappa shape index (κ1) is 18.8. The standard InChI is InChI=1S/C19H17ClN4O3S/c1-10-7-14(20)22-17-15(10)16(25)11(18(26)27)8-24(17)19-21-12(9-28-19)13-5-3-4-6-23(13)2/h3-8,12-13H,9H2,1-2H3,(H,26,27). The molecule has 0 saturated carbocycles. The lowest BCUT2D eigenvalue weighted by atomic mass is 10.1. The Balaban J connectivity index is 1.89. The fourth-order valence-electron chi connectivity index (χ4n) is 3.43. The third-order valence-electron chi connectivity index (χ3n) is 4.83. The van der Waals surface area contributed by atoms with Gasteiger partial charge in [-0.2, -0.15) is 0 Å². The molecular weight excluding hydrogens is 400 g/mol. The zero-order valence-corrected chi connectivity index (χ0v) is 16.7. The molecule has 0 aliphatic carbocycles. The molecule has 0 bridgehead atoms. The lowest BCUT2D eigenvalue weighted by molar-refractivity contribution is 0.0695. The Morgan fingerprint density at radius 3 is 2.89 bits per heavy atom. The molecule has 4 heterocycles. The van der Waals surface area contributed by atoms with E-state index in [4.69, 9.17) is 16.6 Å². The number of aryl methyl sites for hydroxylation is 1. The number of hydrogen-bond donors (Lipinski definition) is 1. The van der Waals surface area contributed by atoms with E-state index >= 15 is 0 Å². The zero-order valence-electron chi connectivity index (χ0n) is 15.2. The van der Waals surface area contributed by atoms with Crippen molar-refractivity contribution in [2.45, 2.75) is 19.0 Å². The molecule has 2 unspecified atom stereocenters. The van der Waals surface area contributed by atoms with Gasteiger partial charge in [0.05, 0.1) is 17.5 Å². The number of thioether (sulfide) groups is 1. The van der Waals surface area contributed by atoms with Gasteiger partial charge in [-0.05, 0) is 30.8 Å². The van der Waals surface area contributed by atoms with Crippen LogP contribution in [-0.4, -0.2) is 55.6 Å². The van der Waals surface area contributed by atoms with E-state index in [2.05, 4.69) is 16.0 Å². The number of fused-ring (bicyclic) bond motifs is 1. The van der Waals surface area contributed by atoms with Crippen molar-refractivity contribution in [3.8, 4) is 0 Å². The molecule has 0 radical (unpaired) electrons. The van der Waals surface area contributed by atoms with Crippen LogP contribution < -0.4 is 5.43 Å². The van der Waals surface area contributed by atoms with Crippen molar-refractivity contribution in [3.63, 3.8) is 0 Å². The van der Waals surface area contributed by atoms with Crippen molar-refractivity contribution < 1.29 is 9.90 Å². The molecule has 0 aromatic carbocycles. The second kappa shape index (κ2) is 7.10. The normalized spacial score (nSPS) is 21.4. The SMILES string of the molecule is Cc1cc(Cl)nc2c1c(=O)c(C(=O)O)cn2C1=NC(C2C=CC=CN2C)CS1. The van der Waals surface area contributed by atoms with E-state index in [0.29, 0.717) is 16.4 Å². The van der Waals surface area contributed by atoms with Crippen LogP contribution in [0.25, 0.3) is 11.0 Å². The Labute approximate surface area is 170 Å². The van der Waals surface area contributed by atoms with Crippen LogP contribution in [0.5, 0.6) is 0 Å². The van der Waals surface area contributed by atoms with Gasteiger partial charge < -0.3 is 10.0 Å². The van der Waals surface area contributed by atoms with Gasteiger partial charge in [0.15, 0.2) is 10.8 Å². The molecule has 2 aliphatic heterocycles. The molecular formula is C19H17ClN4O3S. The molecule has 0 fully saturated rings. The molecule has 2 atom stereocenters. The second-order valence-corrected chi connectivity index (χ2v) is 8.05. The molecule has 0 saturated heterocycles. The molecule has 2 aliphatic rings. The second-order valence-electron chi connectivity index (χ2n) is 6.68. The molecule has 7 nitrogen and oxygen atoms in total. The van der Waals surface area contributed by atoms with Gasteiger partial charge in [0.2, 0.25) is 5.43 Å². The number of hydrogen-bond acceptors (Lipinski definition) is 6. The maximum Gasteiger partial charge on any atom is 0.341 e. The number of aromatic carboxylic acids is 1.